The predicted molar refractivity (Wildman–Crippen MR) is 93.1 cm³/mol. The number of hydrogen-bond donors (Lipinski definition) is 0. The van der Waals surface area contributed by atoms with Gasteiger partial charge in [0, 0.05) is 5.56 Å². The molecule has 2 amide bonds. The maximum absolute atomic E-state index is 12.8. The molecule has 128 valence electrons. The van der Waals surface area contributed by atoms with Gasteiger partial charge in [0.1, 0.15) is 5.76 Å². The van der Waals surface area contributed by atoms with E-state index in [-0.39, 0.29) is 5.76 Å². The van der Waals surface area contributed by atoms with Crippen LogP contribution in [-0.4, -0.2) is 24.9 Å². The first-order valence-corrected chi connectivity index (χ1v) is 7.87. The number of imide groups is 1. The molecule has 0 N–H and O–H groups in total. The number of furan rings is 1. The van der Waals surface area contributed by atoms with Crippen LogP contribution >= 0.6 is 0 Å². The monoisotopic (exact) mass is 347 g/mol. The van der Waals surface area contributed by atoms with Crippen molar-refractivity contribution in [2.45, 2.75) is 0 Å². The maximum Gasteiger partial charge on any atom is 0.373 e. The average molecular weight is 347 g/mol. The highest BCUT2D eigenvalue weighted by Crippen LogP contribution is 2.36. The molecule has 0 fully saturated rings. The van der Waals surface area contributed by atoms with Gasteiger partial charge in [-0.25, -0.2) is 9.69 Å². The molecular formula is C20H13NO5. The smallest absolute Gasteiger partial charge is 0.373 e. The van der Waals surface area contributed by atoms with Crippen molar-refractivity contribution in [1.82, 2.24) is 0 Å². The molecule has 0 saturated carbocycles. The molecule has 2 aromatic carbocycles. The number of carbonyl (C=O) groups is 3. The summed E-state index contributed by atoms with van der Waals surface area (Å²) >= 11 is 0. The van der Waals surface area contributed by atoms with Crippen molar-refractivity contribution in [3.8, 4) is 11.3 Å². The fourth-order valence-electron chi connectivity index (χ4n) is 2.98. The summed E-state index contributed by atoms with van der Waals surface area (Å²) in [6.07, 6.45) is 0. The molecule has 0 aliphatic carbocycles. The third-order valence-electron chi connectivity index (χ3n) is 4.20. The molecule has 0 unspecified atom stereocenters. The Kier molecular flexibility index (Phi) is 3.65. The molecule has 0 spiro atoms. The highest BCUT2D eigenvalue weighted by atomic mass is 16.5. The third kappa shape index (κ3) is 2.31. The lowest BCUT2D eigenvalue weighted by Crippen LogP contribution is -2.29. The van der Waals surface area contributed by atoms with E-state index in [0.29, 0.717) is 28.1 Å². The molecule has 26 heavy (non-hydrogen) atoms. The number of benzene rings is 2. The third-order valence-corrected chi connectivity index (χ3v) is 4.20. The Labute approximate surface area is 148 Å². The SMILES string of the molecule is COC(=O)c1ccc(-c2ccccc2N2C(=O)c3ccccc3C2=O)o1. The first-order valence-electron chi connectivity index (χ1n) is 7.87. The summed E-state index contributed by atoms with van der Waals surface area (Å²) in [6, 6.07) is 16.6. The summed E-state index contributed by atoms with van der Waals surface area (Å²) < 4.78 is 10.2. The van der Waals surface area contributed by atoms with Crippen LogP contribution in [0.2, 0.25) is 0 Å². The van der Waals surface area contributed by atoms with Crippen molar-refractivity contribution in [2.75, 3.05) is 12.0 Å². The molecular weight excluding hydrogens is 334 g/mol. The lowest BCUT2D eigenvalue weighted by atomic mass is 10.1. The molecule has 1 aliphatic heterocycles. The van der Waals surface area contributed by atoms with E-state index >= 15 is 0 Å². The highest BCUT2D eigenvalue weighted by molar-refractivity contribution is 6.35. The lowest BCUT2D eigenvalue weighted by Gasteiger charge is -2.17. The zero-order valence-electron chi connectivity index (χ0n) is 13.8. The molecule has 1 aromatic heterocycles. The van der Waals surface area contributed by atoms with E-state index in [1.807, 2.05) is 0 Å². The van der Waals surface area contributed by atoms with Crippen LogP contribution in [-0.2, 0) is 4.74 Å². The molecule has 0 radical (unpaired) electrons. The van der Waals surface area contributed by atoms with Gasteiger partial charge < -0.3 is 9.15 Å². The first kappa shape index (κ1) is 15.8. The van der Waals surface area contributed by atoms with Gasteiger partial charge in [-0.15, -0.1) is 0 Å². The van der Waals surface area contributed by atoms with E-state index in [1.165, 1.54) is 13.2 Å². The Bertz CT molecular complexity index is 1010. The Balaban J connectivity index is 1.81. The lowest BCUT2D eigenvalue weighted by molar-refractivity contribution is 0.0565. The van der Waals surface area contributed by atoms with E-state index in [2.05, 4.69) is 4.74 Å². The predicted octanol–water partition coefficient (Wildman–Crippen LogP) is 3.53. The number of nitrogens with zero attached hydrogens (tertiary/aromatic N) is 1. The number of esters is 1. The van der Waals surface area contributed by atoms with Crippen molar-refractivity contribution in [1.29, 1.82) is 0 Å². The van der Waals surface area contributed by atoms with Crippen LogP contribution < -0.4 is 4.90 Å². The number of ether oxygens (including phenoxy) is 1. The molecule has 3 aromatic rings. The zero-order valence-corrected chi connectivity index (χ0v) is 13.8. The summed E-state index contributed by atoms with van der Waals surface area (Å²) in [4.78, 5) is 38.2. The largest absolute Gasteiger partial charge is 0.463 e. The summed E-state index contributed by atoms with van der Waals surface area (Å²) in [5.41, 5.74) is 1.64. The number of carbonyl (C=O) groups excluding carboxylic acids is 3. The summed E-state index contributed by atoms with van der Waals surface area (Å²) in [5, 5.41) is 0. The molecule has 0 saturated heterocycles. The van der Waals surface area contributed by atoms with Crippen LogP contribution in [0.3, 0.4) is 0 Å². The van der Waals surface area contributed by atoms with E-state index < -0.39 is 17.8 Å². The zero-order chi connectivity index (χ0) is 18.3. The van der Waals surface area contributed by atoms with Crippen LogP contribution in [0.1, 0.15) is 31.3 Å². The van der Waals surface area contributed by atoms with Gasteiger partial charge in [0.05, 0.1) is 23.9 Å². The second-order valence-electron chi connectivity index (χ2n) is 5.66. The van der Waals surface area contributed by atoms with Gasteiger partial charge in [-0.05, 0) is 36.4 Å². The van der Waals surface area contributed by atoms with Gasteiger partial charge in [0.15, 0.2) is 0 Å². The molecule has 2 heterocycles. The summed E-state index contributed by atoms with van der Waals surface area (Å²) in [6.45, 7) is 0. The van der Waals surface area contributed by atoms with Crippen molar-refractivity contribution >= 4 is 23.5 Å². The highest BCUT2D eigenvalue weighted by Gasteiger charge is 2.37. The molecule has 6 nitrogen and oxygen atoms in total. The fourth-order valence-corrected chi connectivity index (χ4v) is 2.98. The molecule has 0 bridgehead atoms. The summed E-state index contributed by atoms with van der Waals surface area (Å²) in [7, 11) is 1.26. The van der Waals surface area contributed by atoms with E-state index in [4.69, 9.17) is 4.42 Å². The van der Waals surface area contributed by atoms with Crippen molar-refractivity contribution < 1.29 is 23.5 Å². The van der Waals surface area contributed by atoms with E-state index in [0.717, 1.165) is 4.90 Å². The van der Waals surface area contributed by atoms with Crippen molar-refractivity contribution in [3.63, 3.8) is 0 Å². The number of methoxy groups -OCH3 is 1. The van der Waals surface area contributed by atoms with Gasteiger partial charge in [-0.3, -0.25) is 9.59 Å². The second kappa shape index (κ2) is 6.00. The molecule has 6 heteroatoms. The van der Waals surface area contributed by atoms with Gasteiger partial charge >= 0.3 is 5.97 Å². The second-order valence-corrected chi connectivity index (χ2v) is 5.66. The van der Waals surface area contributed by atoms with Crippen LogP contribution in [0.4, 0.5) is 5.69 Å². The minimum atomic E-state index is -0.602. The quantitative estimate of drug-likeness (QED) is 0.535. The molecule has 1 aliphatic rings. The van der Waals surface area contributed by atoms with Gasteiger partial charge in [0.2, 0.25) is 5.76 Å². The fraction of sp³-hybridized carbons (Fsp3) is 0.0500. The van der Waals surface area contributed by atoms with Crippen LogP contribution in [0.15, 0.2) is 65.1 Å². The van der Waals surface area contributed by atoms with E-state index in [1.54, 1.807) is 54.6 Å². The number of para-hydroxylation sites is 1. The Morgan fingerprint density at radius 1 is 0.846 bits per heavy atom. The number of amides is 2. The first-order chi connectivity index (χ1) is 12.6. The van der Waals surface area contributed by atoms with Gasteiger partial charge in [-0.1, -0.05) is 24.3 Å². The Morgan fingerprint density at radius 2 is 1.42 bits per heavy atom. The molecule has 4 rings (SSSR count). The van der Waals surface area contributed by atoms with Crippen molar-refractivity contribution in [3.05, 3.63) is 77.6 Å². The minimum Gasteiger partial charge on any atom is -0.463 e. The number of rotatable bonds is 3. The number of hydrogen-bond acceptors (Lipinski definition) is 5. The van der Waals surface area contributed by atoms with Crippen molar-refractivity contribution in [2.24, 2.45) is 0 Å². The van der Waals surface area contributed by atoms with Crippen LogP contribution in [0, 0.1) is 0 Å². The normalized spacial score (nSPS) is 13.0. The van der Waals surface area contributed by atoms with Gasteiger partial charge in [-0.2, -0.15) is 0 Å². The molecule has 0 atom stereocenters. The average Bonchev–Trinajstić information content (AvgIpc) is 3.26. The Hall–Kier alpha value is -3.67. The minimum absolute atomic E-state index is 0.0414. The van der Waals surface area contributed by atoms with E-state index in [9.17, 15) is 14.4 Å². The maximum atomic E-state index is 12.8. The van der Waals surface area contributed by atoms with Crippen LogP contribution in [0.5, 0.6) is 0 Å². The number of fused-ring (bicyclic) bond motifs is 1. The van der Waals surface area contributed by atoms with Crippen LogP contribution in [0.25, 0.3) is 11.3 Å². The topological polar surface area (TPSA) is 76.8 Å². The Morgan fingerprint density at radius 3 is 2.04 bits per heavy atom. The standard InChI is InChI=1S/C20H13NO5/c1-25-20(24)17-11-10-16(26-17)14-8-4-5-9-15(14)21-18(22)12-6-2-3-7-13(12)19(21)23/h2-11H,1H3. The van der Waals surface area contributed by atoms with Gasteiger partial charge in [0.25, 0.3) is 11.8 Å². The number of anilines is 1. The summed E-state index contributed by atoms with van der Waals surface area (Å²) in [5.74, 6) is -0.984.